The first kappa shape index (κ1) is 14.5. The highest BCUT2D eigenvalue weighted by atomic mass is 16.6. The molecule has 5 heteroatoms. The fraction of sp³-hybridized carbons (Fsp3) is 0.556. The number of carbonyl (C=O) groups excluding carboxylic acids is 2. The molecule has 2 amide bonds. The second kappa shape index (κ2) is 5.87. The predicted molar refractivity (Wildman–Crippen MR) is 86.5 cm³/mol. The molecule has 0 N–H and O–H groups in total. The van der Waals surface area contributed by atoms with Gasteiger partial charge in [0.25, 0.3) is 5.91 Å². The molecule has 122 valence electrons. The van der Waals surface area contributed by atoms with E-state index in [-0.39, 0.29) is 12.0 Å². The minimum Gasteiger partial charge on any atom is -0.447 e. The number of cyclic esters (lactones) is 1. The lowest BCUT2D eigenvalue weighted by Gasteiger charge is -2.22. The average molecular weight is 314 g/mol. The summed E-state index contributed by atoms with van der Waals surface area (Å²) in [5, 5.41) is 0. The van der Waals surface area contributed by atoms with Crippen molar-refractivity contribution in [3.05, 3.63) is 29.8 Å². The third-order valence-electron chi connectivity index (χ3n) is 5.43. The van der Waals surface area contributed by atoms with E-state index in [0.717, 1.165) is 18.8 Å². The maximum absolute atomic E-state index is 12.8. The highest BCUT2D eigenvalue weighted by Gasteiger charge is 2.36. The molecule has 0 aromatic heterocycles. The monoisotopic (exact) mass is 314 g/mol. The lowest BCUT2D eigenvalue weighted by atomic mass is 9.82. The van der Waals surface area contributed by atoms with Crippen molar-refractivity contribution in [1.29, 1.82) is 0 Å². The van der Waals surface area contributed by atoms with Gasteiger partial charge >= 0.3 is 6.09 Å². The van der Waals surface area contributed by atoms with Gasteiger partial charge in [-0.05, 0) is 42.9 Å². The number of fused-ring (bicyclic) bond motifs is 1. The second-order valence-corrected chi connectivity index (χ2v) is 6.83. The molecular formula is C18H22N2O3. The van der Waals surface area contributed by atoms with Gasteiger partial charge in [-0.15, -0.1) is 0 Å². The van der Waals surface area contributed by atoms with Crippen LogP contribution in [0.25, 0.3) is 0 Å². The first-order chi connectivity index (χ1) is 11.2. The highest BCUT2D eigenvalue weighted by Crippen LogP contribution is 2.36. The van der Waals surface area contributed by atoms with Crippen LogP contribution < -0.4 is 4.90 Å². The predicted octanol–water partition coefficient (Wildman–Crippen LogP) is 2.91. The van der Waals surface area contributed by atoms with Gasteiger partial charge in [0.05, 0.1) is 6.54 Å². The molecule has 23 heavy (non-hydrogen) atoms. The van der Waals surface area contributed by atoms with Gasteiger partial charge < -0.3 is 9.64 Å². The Bertz CT molecular complexity index is 616. The van der Waals surface area contributed by atoms with Crippen molar-refractivity contribution in [2.24, 2.45) is 11.8 Å². The lowest BCUT2D eigenvalue weighted by molar-refractivity contribution is 0.0784. The van der Waals surface area contributed by atoms with Crippen molar-refractivity contribution in [2.75, 3.05) is 31.1 Å². The zero-order valence-electron chi connectivity index (χ0n) is 13.2. The molecule has 2 saturated heterocycles. The van der Waals surface area contributed by atoms with Gasteiger partial charge in [-0.3, -0.25) is 9.69 Å². The molecule has 3 aliphatic rings. The van der Waals surface area contributed by atoms with E-state index in [1.807, 2.05) is 29.2 Å². The fourth-order valence-corrected chi connectivity index (χ4v) is 4.19. The number of nitrogens with zero attached hydrogens (tertiary/aromatic N) is 2. The first-order valence-corrected chi connectivity index (χ1v) is 8.56. The standard InChI is InChI=1S/C18H22N2O3/c21-17(19-11-14-4-1-2-5-15(14)12-19)13-6-3-7-16(10-13)20-8-9-23-18(20)22/h3,6-7,10,14-15H,1-2,4-5,8-9,11-12H2/t14-,15-/m0/s1. The van der Waals surface area contributed by atoms with Crippen LogP contribution in [-0.4, -0.2) is 43.1 Å². The summed E-state index contributed by atoms with van der Waals surface area (Å²) in [4.78, 5) is 28.1. The molecule has 5 nitrogen and oxygen atoms in total. The average Bonchev–Trinajstić information content (AvgIpc) is 3.20. The zero-order valence-corrected chi connectivity index (χ0v) is 13.2. The minimum atomic E-state index is -0.332. The molecule has 2 atom stereocenters. The zero-order chi connectivity index (χ0) is 15.8. The number of rotatable bonds is 2. The molecule has 0 unspecified atom stereocenters. The van der Waals surface area contributed by atoms with E-state index in [9.17, 15) is 9.59 Å². The summed E-state index contributed by atoms with van der Waals surface area (Å²) in [6, 6.07) is 7.36. The Kier molecular flexibility index (Phi) is 3.71. The van der Waals surface area contributed by atoms with Crippen LogP contribution in [0.15, 0.2) is 24.3 Å². The van der Waals surface area contributed by atoms with E-state index in [0.29, 0.717) is 30.6 Å². The third kappa shape index (κ3) is 2.69. The molecule has 1 saturated carbocycles. The van der Waals surface area contributed by atoms with E-state index in [1.54, 1.807) is 4.90 Å². The molecule has 1 aromatic rings. The topological polar surface area (TPSA) is 49.9 Å². The maximum Gasteiger partial charge on any atom is 0.414 e. The molecule has 3 fully saturated rings. The van der Waals surface area contributed by atoms with Gasteiger partial charge in [0.15, 0.2) is 0 Å². The van der Waals surface area contributed by atoms with Crippen LogP contribution in [0.1, 0.15) is 36.0 Å². The van der Waals surface area contributed by atoms with Crippen LogP contribution in [0, 0.1) is 11.8 Å². The summed E-state index contributed by atoms with van der Waals surface area (Å²) >= 11 is 0. The molecule has 1 aromatic carbocycles. The van der Waals surface area contributed by atoms with Crippen LogP contribution in [0.2, 0.25) is 0 Å². The van der Waals surface area contributed by atoms with E-state index in [4.69, 9.17) is 4.74 Å². The van der Waals surface area contributed by atoms with Gasteiger partial charge in [-0.1, -0.05) is 18.9 Å². The third-order valence-corrected chi connectivity index (χ3v) is 5.43. The molecule has 2 heterocycles. The Morgan fingerprint density at radius 2 is 1.87 bits per heavy atom. The lowest BCUT2D eigenvalue weighted by Crippen LogP contribution is -2.29. The number of benzene rings is 1. The number of likely N-dealkylation sites (tertiary alicyclic amines) is 1. The van der Waals surface area contributed by atoms with Crippen LogP contribution >= 0.6 is 0 Å². The largest absolute Gasteiger partial charge is 0.447 e. The molecule has 2 aliphatic heterocycles. The summed E-state index contributed by atoms with van der Waals surface area (Å²) in [5.41, 5.74) is 1.41. The number of anilines is 1. The normalized spacial score (nSPS) is 27.0. The Morgan fingerprint density at radius 1 is 1.13 bits per heavy atom. The molecular weight excluding hydrogens is 292 g/mol. The number of carbonyl (C=O) groups is 2. The summed E-state index contributed by atoms with van der Waals surface area (Å²) in [6.45, 7) is 2.73. The van der Waals surface area contributed by atoms with E-state index in [1.165, 1.54) is 25.7 Å². The van der Waals surface area contributed by atoms with Gasteiger partial charge in [-0.25, -0.2) is 4.79 Å². The first-order valence-electron chi connectivity index (χ1n) is 8.56. The summed E-state index contributed by atoms with van der Waals surface area (Å²) < 4.78 is 4.98. The Balaban J connectivity index is 1.51. The van der Waals surface area contributed by atoms with Gasteiger partial charge in [-0.2, -0.15) is 0 Å². The van der Waals surface area contributed by atoms with Crippen molar-refractivity contribution < 1.29 is 14.3 Å². The van der Waals surface area contributed by atoms with Crippen molar-refractivity contribution in [2.45, 2.75) is 25.7 Å². The molecule has 0 bridgehead atoms. The number of hydrogen-bond acceptors (Lipinski definition) is 3. The maximum atomic E-state index is 12.8. The van der Waals surface area contributed by atoms with E-state index in [2.05, 4.69) is 0 Å². The van der Waals surface area contributed by atoms with Crippen LogP contribution in [0.4, 0.5) is 10.5 Å². The molecule has 1 aliphatic carbocycles. The van der Waals surface area contributed by atoms with Crippen molar-refractivity contribution >= 4 is 17.7 Å². The Labute approximate surface area is 136 Å². The van der Waals surface area contributed by atoms with Crippen molar-refractivity contribution in [3.8, 4) is 0 Å². The Morgan fingerprint density at radius 3 is 2.52 bits per heavy atom. The number of hydrogen-bond donors (Lipinski definition) is 0. The van der Waals surface area contributed by atoms with Crippen LogP contribution in [0.5, 0.6) is 0 Å². The Hall–Kier alpha value is -2.04. The van der Waals surface area contributed by atoms with Gasteiger partial charge in [0.2, 0.25) is 0 Å². The second-order valence-electron chi connectivity index (χ2n) is 6.83. The molecule has 0 radical (unpaired) electrons. The van der Waals surface area contributed by atoms with Crippen LogP contribution in [-0.2, 0) is 4.74 Å². The highest BCUT2D eigenvalue weighted by molar-refractivity contribution is 5.97. The molecule has 4 rings (SSSR count). The van der Waals surface area contributed by atoms with E-state index < -0.39 is 0 Å². The van der Waals surface area contributed by atoms with Gasteiger partial charge in [0.1, 0.15) is 6.61 Å². The SMILES string of the molecule is O=C(c1cccc(N2CCOC2=O)c1)N1C[C@@H]2CCCC[C@H]2C1. The van der Waals surface area contributed by atoms with Gasteiger partial charge in [0, 0.05) is 24.3 Å². The minimum absolute atomic E-state index is 0.0915. The quantitative estimate of drug-likeness (QED) is 0.843. The number of ether oxygens (including phenoxy) is 1. The fourth-order valence-electron chi connectivity index (χ4n) is 4.19. The summed E-state index contributed by atoms with van der Waals surface area (Å²) in [7, 11) is 0. The summed E-state index contributed by atoms with van der Waals surface area (Å²) in [6.07, 6.45) is 4.79. The summed E-state index contributed by atoms with van der Waals surface area (Å²) in [5.74, 6) is 1.46. The number of amides is 2. The molecule has 0 spiro atoms. The van der Waals surface area contributed by atoms with Crippen molar-refractivity contribution in [3.63, 3.8) is 0 Å². The van der Waals surface area contributed by atoms with E-state index >= 15 is 0 Å². The smallest absolute Gasteiger partial charge is 0.414 e. The van der Waals surface area contributed by atoms with Crippen molar-refractivity contribution in [1.82, 2.24) is 4.90 Å². The van der Waals surface area contributed by atoms with Crippen LogP contribution in [0.3, 0.4) is 0 Å².